The maximum atomic E-state index is 5.38. The highest BCUT2D eigenvalue weighted by atomic mass is 16.7. The Kier molecular flexibility index (Phi) is 2.43. The largest absolute Gasteiger partial charge is 0.346 e. The molecule has 0 amide bonds. The molecule has 1 aromatic carbocycles. The predicted molar refractivity (Wildman–Crippen MR) is 51.2 cm³/mol. The summed E-state index contributed by atoms with van der Waals surface area (Å²) in [6, 6.07) is 8.02. The van der Waals surface area contributed by atoms with Gasteiger partial charge in [-0.15, -0.1) is 0 Å². The monoisotopic (exact) mass is 176 g/mol. The molecule has 1 aromatic rings. The average Bonchev–Trinajstić information content (AvgIpc) is 2.71. The fourth-order valence-electron chi connectivity index (χ4n) is 1.38. The van der Waals surface area contributed by atoms with Gasteiger partial charge in [0.05, 0.1) is 13.2 Å². The molecule has 1 fully saturated rings. The highest BCUT2D eigenvalue weighted by molar-refractivity contribution is 5.48. The second-order valence-corrected chi connectivity index (χ2v) is 2.95. The first-order valence-electron chi connectivity index (χ1n) is 4.36. The van der Waals surface area contributed by atoms with Gasteiger partial charge >= 0.3 is 0 Å². The van der Waals surface area contributed by atoms with Crippen LogP contribution in [0.15, 0.2) is 30.8 Å². The van der Waals surface area contributed by atoms with Crippen LogP contribution < -0.4 is 0 Å². The minimum absolute atomic E-state index is 0.181. The molecule has 0 unspecified atom stereocenters. The lowest BCUT2D eigenvalue weighted by Gasteiger charge is -2.09. The van der Waals surface area contributed by atoms with Crippen molar-refractivity contribution in [2.24, 2.45) is 0 Å². The SMILES string of the molecule is C=Cc1cccc(C2OCCO2)c1. The van der Waals surface area contributed by atoms with Crippen molar-refractivity contribution in [3.63, 3.8) is 0 Å². The molecule has 2 nitrogen and oxygen atoms in total. The molecule has 0 N–H and O–H groups in total. The maximum Gasteiger partial charge on any atom is 0.184 e. The van der Waals surface area contributed by atoms with Gasteiger partial charge in [-0.2, -0.15) is 0 Å². The Hall–Kier alpha value is -1.12. The van der Waals surface area contributed by atoms with Gasteiger partial charge in [-0.1, -0.05) is 30.9 Å². The van der Waals surface area contributed by atoms with E-state index in [4.69, 9.17) is 9.47 Å². The molecule has 2 heteroatoms. The van der Waals surface area contributed by atoms with Gasteiger partial charge < -0.3 is 9.47 Å². The minimum atomic E-state index is -0.181. The molecule has 1 heterocycles. The Morgan fingerprint density at radius 1 is 1.31 bits per heavy atom. The lowest BCUT2D eigenvalue weighted by atomic mass is 10.1. The van der Waals surface area contributed by atoms with Crippen molar-refractivity contribution in [2.75, 3.05) is 13.2 Å². The number of hydrogen-bond acceptors (Lipinski definition) is 2. The molecule has 0 atom stereocenters. The summed E-state index contributed by atoms with van der Waals surface area (Å²) in [6.45, 7) is 5.08. The summed E-state index contributed by atoms with van der Waals surface area (Å²) in [5.41, 5.74) is 2.16. The molecule has 13 heavy (non-hydrogen) atoms. The molecule has 1 aliphatic rings. The van der Waals surface area contributed by atoms with Crippen molar-refractivity contribution in [3.05, 3.63) is 42.0 Å². The van der Waals surface area contributed by atoms with E-state index in [2.05, 4.69) is 6.58 Å². The van der Waals surface area contributed by atoms with Gasteiger partial charge in [0, 0.05) is 5.56 Å². The topological polar surface area (TPSA) is 18.5 Å². The third kappa shape index (κ3) is 1.79. The molecule has 0 saturated carbocycles. The average molecular weight is 176 g/mol. The second-order valence-electron chi connectivity index (χ2n) is 2.95. The molecule has 0 radical (unpaired) electrons. The molecule has 2 rings (SSSR count). The molecule has 1 aliphatic heterocycles. The van der Waals surface area contributed by atoms with Gasteiger partial charge in [-0.25, -0.2) is 0 Å². The van der Waals surface area contributed by atoms with E-state index >= 15 is 0 Å². The standard InChI is InChI=1S/C11H12O2/c1-2-9-4-3-5-10(8-9)11-12-6-7-13-11/h2-5,8,11H,1,6-7H2. The summed E-state index contributed by atoms with van der Waals surface area (Å²) in [6.07, 6.45) is 1.64. The first kappa shape index (κ1) is 8.48. The Labute approximate surface area is 77.8 Å². The van der Waals surface area contributed by atoms with Crippen LogP contribution in [0.5, 0.6) is 0 Å². The van der Waals surface area contributed by atoms with Gasteiger partial charge in [-0.05, 0) is 11.6 Å². The van der Waals surface area contributed by atoms with E-state index in [0.717, 1.165) is 11.1 Å². The third-order valence-electron chi connectivity index (χ3n) is 2.04. The zero-order chi connectivity index (χ0) is 9.10. The van der Waals surface area contributed by atoms with E-state index in [-0.39, 0.29) is 6.29 Å². The summed E-state index contributed by atoms with van der Waals surface area (Å²) in [5.74, 6) is 0. The highest BCUT2D eigenvalue weighted by Crippen LogP contribution is 2.23. The summed E-state index contributed by atoms with van der Waals surface area (Å²) in [4.78, 5) is 0. The first-order chi connectivity index (χ1) is 6.40. The predicted octanol–water partition coefficient (Wildman–Crippen LogP) is 2.38. The zero-order valence-corrected chi connectivity index (χ0v) is 7.40. The van der Waals surface area contributed by atoms with Crippen LogP contribution in [0.2, 0.25) is 0 Å². The molecule has 0 aliphatic carbocycles. The maximum absolute atomic E-state index is 5.38. The van der Waals surface area contributed by atoms with E-state index < -0.39 is 0 Å². The first-order valence-corrected chi connectivity index (χ1v) is 4.36. The van der Waals surface area contributed by atoms with Crippen LogP contribution in [0.4, 0.5) is 0 Å². The summed E-state index contributed by atoms with van der Waals surface area (Å²) in [7, 11) is 0. The van der Waals surface area contributed by atoms with E-state index in [1.54, 1.807) is 0 Å². The molecule has 0 spiro atoms. The molecule has 1 saturated heterocycles. The Bertz CT molecular complexity index is 301. The van der Waals surface area contributed by atoms with Crippen molar-refractivity contribution in [2.45, 2.75) is 6.29 Å². The zero-order valence-electron chi connectivity index (χ0n) is 7.40. The number of benzene rings is 1. The van der Waals surface area contributed by atoms with Crippen LogP contribution in [0.1, 0.15) is 17.4 Å². The van der Waals surface area contributed by atoms with Crippen LogP contribution in [0.3, 0.4) is 0 Å². The van der Waals surface area contributed by atoms with Crippen molar-refractivity contribution in [1.29, 1.82) is 0 Å². The number of rotatable bonds is 2. The molecule has 0 bridgehead atoms. The Morgan fingerprint density at radius 2 is 2.08 bits per heavy atom. The van der Waals surface area contributed by atoms with Gasteiger partial charge in [0.25, 0.3) is 0 Å². The number of ether oxygens (including phenoxy) is 2. The van der Waals surface area contributed by atoms with E-state index in [1.807, 2.05) is 30.3 Å². The smallest absolute Gasteiger partial charge is 0.184 e. The van der Waals surface area contributed by atoms with Crippen LogP contribution >= 0.6 is 0 Å². The summed E-state index contributed by atoms with van der Waals surface area (Å²) in [5, 5.41) is 0. The van der Waals surface area contributed by atoms with Crippen molar-refractivity contribution in [1.82, 2.24) is 0 Å². The Balaban J connectivity index is 2.23. The fourth-order valence-corrected chi connectivity index (χ4v) is 1.38. The van der Waals surface area contributed by atoms with Gasteiger partial charge in [0.1, 0.15) is 0 Å². The molecular formula is C11H12O2. The van der Waals surface area contributed by atoms with Crippen molar-refractivity contribution in [3.8, 4) is 0 Å². The summed E-state index contributed by atoms with van der Waals surface area (Å²) >= 11 is 0. The Morgan fingerprint density at radius 3 is 2.77 bits per heavy atom. The fraction of sp³-hybridized carbons (Fsp3) is 0.273. The second kappa shape index (κ2) is 3.73. The van der Waals surface area contributed by atoms with Crippen LogP contribution in [-0.4, -0.2) is 13.2 Å². The van der Waals surface area contributed by atoms with Crippen molar-refractivity contribution >= 4 is 6.08 Å². The minimum Gasteiger partial charge on any atom is -0.346 e. The van der Waals surface area contributed by atoms with Gasteiger partial charge in [0.2, 0.25) is 0 Å². The summed E-state index contributed by atoms with van der Waals surface area (Å²) < 4.78 is 10.8. The van der Waals surface area contributed by atoms with Crippen LogP contribution in [0, 0.1) is 0 Å². The van der Waals surface area contributed by atoms with Gasteiger partial charge in [-0.3, -0.25) is 0 Å². The van der Waals surface area contributed by atoms with Crippen LogP contribution in [-0.2, 0) is 9.47 Å². The molecule has 0 aromatic heterocycles. The normalized spacial score (nSPS) is 17.5. The third-order valence-corrected chi connectivity index (χ3v) is 2.04. The van der Waals surface area contributed by atoms with Crippen LogP contribution in [0.25, 0.3) is 6.08 Å². The highest BCUT2D eigenvalue weighted by Gasteiger charge is 2.17. The lowest BCUT2D eigenvalue weighted by Crippen LogP contribution is -1.97. The molecular weight excluding hydrogens is 164 g/mol. The lowest BCUT2D eigenvalue weighted by molar-refractivity contribution is -0.0441. The van der Waals surface area contributed by atoms with E-state index in [1.165, 1.54) is 0 Å². The quantitative estimate of drug-likeness (QED) is 0.688. The van der Waals surface area contributed by atoms with Gasteiger partial charge in [0.15, 0.2) is 6.29 Å². The number of hydrogen-bond donors (Lipinski definition) is 0. The van der Waals surface area contributed by atoms with E-state index in [9.17, 15) is 0 Å². The van der Waals surface area contributed by atoms with E-state index in [0.29, 0.717) is 13.2 Å². The molecule has 68 valence electrons. The van der Waals surface area contributed by atoms with Crippen molar-refractivity contribution < 1.29 is 9.47 Å².